The Labute approximate surface area is 142 Å². The number of hydrogen-bond acceptors (Lipinski definition) is 3. The molecule has 0 radical (unpaired) electrons. The molecule has 0 atom stereocenters. The molecule has 0 heterocycles. The summed E-state index contributed by atoms with van der Waals surface area (Å²) in [6.07, 6.45) is -0.223. The molecule has 2 rings (SSSR count). The Balaban J connectivity index is 1.93. The van der Waals surface area contributed by atoms with Crippen molar-refractivity contribution in [1.29, 1.82) is 0 Å². The van der Waals surface area contributed by atoms with E-state index in [-0.39, 0.29) is 18.7 Å². The van der Waals surface area contributed by atoms with Crippen LogP contribution in [-0.4, -0.2) is 20.9 Å². The van der Waals surface area contributed by atoms with Crippen molar-refractivity contribution in [1.82, 2.24) is 4.72 Å². The molecule has 0 spiro atoms. The van der Waals surface area contributed by atoms with Gasteiger partial charge in [0.05, 0.1) is 4.90 Å². The Morgan fingerprint density at radius 2 is 1.76 bits per heavy atom. The van der Waals surface area contributed by atoms with Gasteiger partial charge in [-0.3, -0.25) is 4.79 Å². The molecular formula is C16H15F3N2O3S. The zero-order chi connectivity index (χ0) is 18.6. The Morgan fingerprint density at radius 3 is 2.44 bits per heavy atom. The maximum atomic E-state index is 13.2. The third-order valence-corrected chi connectivity index (χ3v) is 4.78. The number of amides is 1. The van der Waals surface area contributed by atoms with Crippen LogP contribution in [0.15, 0.2) is 41.3 Å². The van der Waals surface area contributed by atoms with Crippen LogP contribution in [0.25, 0.3) is 0 Å². The van der Waals surface area contributed by atoms with Crippen molar-refractivity contribution in [2.75, 3.05) is 11.9 Å². The highest BCUT2D eigenvalue weighted by Gasteiger charge is 2.16. The Bertz CT molecular complexity index is 901. The smallest absolute Gasteiger partial charge is 0.240 e. The van der Waals surface area contributed by atoms with E-state index in [2.05, 4.69) is 10.0 Å². The van der Waals surface area contributed by atoms with Crippen LogP contribution in [-0.2, 0) is 14.8 Å². The van der Waals surface area contributed by atoms with Crippen molar-refractivity contribution in [3.63, 3.8) is 0 Å². The van der Waals surface area contributed by atoms with Gasteiger partial charge in [-0.05, 0) is 42.8 Å². The number of sulfonamides is 1. The normalized spacial score (nSPS) is 11.4. The predicted molar refractivity (Wildman–Crippen MR) is 85.9 cm³/mol. The van der Waals surface area contributed by atoms with E-state index in [1.807, 2.05) is 0 Å². The molecule has 0 saturated carbocycles. The lowest BCUT2D eigenvalue weighted by molar-refractivity contribution is -0.116. The second-order valence-corrected chi connectivity index (χ2v) is 7.00. The van der Waals surface area contributed by atoms with E-state index >= 15 is 0 Å². The average molecular weight is 372 g/mol. The molecule has 5 nitrogen and oxygen atoms in total. The highest BCUT2D eigenvalue weighted by molar-refractivity contribution is 7.89. The van der Waals surface area contributed by atoms with Crippen molar-refractivity contribution in [3.05, 3.63) is 59.4 Å². The van der Waals surface area contributed by atoms with Crippen molar-refractivity contribution >= 4 is 21.6 Å². The third kappa shape index (κ3) is 5.04. The van der Waals surface area contributed by atoms with Gasteiger partial charge in [-0.1, -0.05) is 6.07 Å². The van der Waals surface area contributed by atoms with Gasteiger partial charge in [-0.2, -0.15) is 0 Å². The molecule has 0 aliphatic carbocycles. The largest absolute Gasteiger partial charge is 0.326 e. The quantitative estimate of drug-likeness (QED) is 0.819. The molecule has 0 aromatic heterocycles. The lowest BCUT2D eigenvalue weighted by atomic mass is 10.2. The van der Waals surface area contributed by atoms with E-state index in [1.165, 1.54) is 12.1 Å². The number of nitrogens with one attached hydrogen (secondary N) is 2. The summed E-state index contributed by atoms with van der Waals surface area (Å²) in [7, 11) is -4.08. The van der Waals surface area contributed by atoms with E-state index < -0.39 is 38.3 Å². The van der Waals surface area contributed by atoms with E-state index in [0.717, 1.165) is 12.1 Å². The first-order chi connectivity index (χ1) is 11.7. The zero-order valence-electron chi connectivity index (χ0n) is 13.1. The van der Waals surface area contributed by atoms with Gasteiger partial charge in [0.25, 0.3) is 0 Å². The van der Waals surface area contributed by atoms with Gasteiger partial charge in [-0.25, -0.2) is 26.3 Å². The first-order valence-corrected chi connectivity index (χ1v) is 8.68. The summed E-state index contributed by atoms with van der Waals surface area (Å²) in [5.74, 6) is -3.49. The number of benzene rings is 2. The minimum atomic E-state index is -4.08. The van der Waals surface area contributed by atoms with Gasteiger partial charge >= 0.3 is 0 Å². The third-order valence-electron chi connectivity index (χ3n) is 3.32. The molecule has 0 bridgehead atoms. The number of carbonyl (C=O) groups is 1. The van der Waals surface area contributed by atoms with Gasteiger partial charge < -0.3 is 5.32 Å². The SMILES string of the molecule is Cc1ccc(F)cc1NC(=O)CCNS(=O)(=O)c1ccc(F)c(F)c1. The van der Waals surface area contributed by atoms with Crippen LogP contribution in [0.5, 0.6) is 0 Å². The van der Waals surface area contributed by atoms with Gasteiger partial charge in [0.15, 0.2) is 11.6 Å². The summed E-state index contributed by atoms with van der Waals surface area (Å²) < 4.78 is 65.1. The summed E-state index contributed by atoms with van der Waals surface area (Å²) in [6.45, 7) is 1.42. The minimum Gasteiger partial charge on any atom is -0.326 e. The van der Waals surface area contributed by atoms with E-state index in [1.54, 1.807) is 6.92 Å². The Morgan fingerprint density at radius 1 is 1.04 bits per heavy atom. The molecule has 0 saturated heterocycles. The van der Waals surface area contributed by atoms with Crippen molar-refractivity contribution in [3.8, 4) is 0 Å². The van der Waals surface area contributed by atoms with Gasteiger partial charge in [0.1, 0.15) is 5.82 Å². The lowest BCUT2D eigenvalue weighted by Crippen LogP contribution is -2.28. The monoisotopic (exact) mass is 372 g/mol. The van der Waals surface area contributed by atoms with Crippen LogP contribution in [0.4, 0.5) is 18.9 Å². The average Bonchev–Trinajstić information content (AvgIpc) is 2.53. The van der Waals surface area contributed by atoms with Gasteiger partial charge in [-0.15, -0.1) is 0 Å². The summed E-state index contributed by atoms with van der Waals surface area (Å²) in [6, 6.07) is 6.06. The van der Waals surface area contributed by atoms with Crippen LogP contribution >= 0.6 is 0 Å². The number of halogens is 3. The Hall–Kier alpha value is -2.39. The van der Waals surface area contributed by atoms with E-state index in [9.17, 15) is 26.4 Å². The van der Waals surface area contributed by atoms with Gasteiger partial charge in [0, 0.05) is 18.7 Å². The molecule has 0 fully saturated rings. The molecule has 25 heavy (non-hydrogen) atoms. The second-order valence-electron chi connectivity index (χ2n) is 5.23. The number of hydrogen-bond donors (Lipinski definition) is 2. The molecule has 0 aliphatic heterocycles. The predicted octanol–water partition coefficient (Wildman–Crippen LogP) is 2.72. The van der Waals surface area contributed by atoms with Crippen LogP contribution in [0, 0.1) is 24.4 Å². The summed E-state index contributed by atoms with van der Waals surface area (Å²) in [5.41, 5.74) is 0.936. The fourth-order valence-electron chi connectivity index (χ4n) is 1.97. The summed E-state index contributed by atoms with van der Waals surface area (Å²) in [4.78, 5) is 11.4. The summed E-state index contributed by atoms with van der Waals surface area (Å²) in [5, 5.41) is 2.47. The molecule has 0 unspecified atom stereocenters. The standard InChI is InChI=1S/C16H15F3N2O3S/c1-10-2-3-11(17)8-15(10)21-16(22)6-7-20-25(23,24)12-4-5-13(18)14(19)9-12/h2-5,8-9,20H,6-7H2,1H3,(H,21,22). The van der Waals surface area contributed by atoms with Crippen LogP contribution in [0.2, 0.25) is 0 Å². The molecule has 134 valence electrons. The number of rotatable bonds is 6. The highest BCUT2D eigenvalue weighted by atomic mass is 32.2. The molecular weight excluding hydrogens is 357 g/mol. The number of aryl methyl sites for hydroxylation is 1. The maximum Gasteiger partial charge on any atom is 0.240 e. The second kappa shape index (κ2) is 7.66. The lowest BCUT2D eigenvalue weighted by Gasteiger charge is -2.09. The van der Waals surface area contributed by atoms with Crippen molar-refractivity contribution in [2.45, 2.75) is 18.2 Å². The highest BCUT2D eigenvalue weighted by Crippen LogP contribution is 2.16. The van der Waals surface area contributed by atoms with Crippen LogP contribution < -0.4 is 10.0 Å². The molecule has 2 N–H and O–H groups in total. The first-order valence-electron chi connectivity index (χ1n) is 7.20. The topological polar surface area (TPSA) is 75.3 Å². The van der Waals surface area contributed by atoms with Crippen LogP contribution in [0.3, 0.4) is 0 Å². The molecule has 0 aliphatic rings. The number of anilines is 1. The van der Waals surface area contributed by atoms with Gasteiger partial charge in [0.2, 0.25) is 15.9 Å². The minimum absolute atomic E-state index is 0.223. The zero-order valence-corrected chi connectivity index (χ0v) is 14.0. The maximum absolute atomic E-state index is 13.2. The molecule has 1 amide bonds. The van der Waals surface area contributed by atoms with Crippen molar-refractivity contribution < 1.29 is 26.4 Å². The number of carbonyl (C=O) groups excluding carboxylic acids is 1. The van der Waals surface area contributed by atoms with Crippen LogP contribution in [0.1, 0.15) is 12.0 Å². The van der Waals surface area contributed by atoms with E-state index in [4.69, 9.17) is 0 Å². The van der Waals surface area contributed by atoms with Crippen molar-refractivity contribution in [2.24, 2.45) is 0 Å². The molecule has 2 aromatic rings. The summed E-state index contributed by atoms with van der Waals surface area (Å²) >= 11 is 0. The molecule has 9 heteroatoms. The fourth-order valence-corrected chi connectivity index (χ4v) is 3.01. The van der Waals surface area contributed by atoms with E-state index in [0.29, 0.717) is 17.7 Å². The fraction of sp³-hybridized carbons (Fsp3) is 0.188. The molecule has 2 aromatic carbocycles. The Kier molecular flexibility index (Phi) is 5.81. The first kappa shape index (κ1) is 18.9.